The molecule has 0 saturated carbocycles. The van der Waals surface area contributed by atoms with Gasteiger partial charge in [0.2, 0.25) is 0 Å². The Hall–Kier alpha value is -0.771. The first-order valence-electron chi connectivity index (χ1n) is 2.50. The summed E-state index contributed by atoms with van der Waals surface area (Å²) in [5, 5.41) is 8.37. The molecule has 0 fully saturated rings. The van der Waals surface area contributed by atoms with Gasteiger partial charge in [0.05, 0.1) is 0 Å². The molecule has 0 radical (unpaired) electrons. The van der Waals surface area contributed by atoms with Gasteiger partial charge in [0.15, 0.2) is 0 Å². The van der Waals surface area contributed by atoms with Crippen molar-refractivity contribution < 1.29 is 0 Å². The van der Waals surface area contributed by atoms with Crippen molar-refractivity contribution in [1.29, 1.82) is 5.26 Å². The van der Waals surface area contributed by atoms with E-state index in [1.165, 1.54) is 0 Å². The van der Waals surface area contributed by atoms with E-state index in [0.29, 0.717) is 5.56 Å². The van der Waals surface area contributed by atoms with Gasteiger partial charge in [-0.15, -0.1) is 0 Å². The third-order valence-electron chi connectivity index (χ3n) is 0.983. The van der Waals surface area contributed by atoms with Gasteiger partial charge in [-0.3, -0.25) is 0 Å². The van der Waals surface area contributed by atoms with Crippen LogP contribution in [0.3, 0.4) is 0 Å². The molecule has 1 aromatic carbocycles. The fourth-order valence-corrected chi connectivity index (χ4v) is 0.815. The molecule has 1 nitrogen and oxygen atoms in total. The van der Waals surface area contributed by atoms with Crippen LogP contribution in [-0.2, 0) is 0 Å². The summed E-state index contributed by atoms with van der Waals surface area (Å²) in [5.74, 6) is 0. The predicted molar refractivity (Wildman–Crippen MR) is 36.5 cm³/mol. The van der Waals surface area contributed by atoms with Crippen molar-refractivity contribution in [3.8, 4) is 6.07 Å². The molecule has 44 valence electrons. The van der Waals surface area contributed by atoms with Gasteiger partial charge < -0.3 is 0 Å². The molecule has 0 spiro atoms. The summed E-state index contributed by atoms with van der Waals surface area (Å²) in [7, 11) is 0. The zero-order valence-electron chi connectivity index (χ0n) is 4.66. The maximum absolute atomic E-state index is 8.37. The van der Waals surface area contributed by atoms with Crippen molar-refractivity contribution in [2.75, 3.05) is 0 Å². The van der Waals surface area contributed by atoms with Crippen LogP contribution in [0.4, 0.5) is 0 Å². The molecule has 0 unspecified atom stereocenters. The van der Waals surface area contributed by atoms with Crippen molar-refractivity contribution >= 4 is 20.5 Å². The predicted octanol–water partition coefficient (Wildman–Crippen LogP) is 0.352. The molecule has 1 aromatic rings. The number of benzene rings is 1. The van der Waals surface area contributed by atoms with E-state index in [-0.39, 0.29) is 0 Å². The third-order valence-corrected chi connectivity index (χ3v) is 1.55. The average Bonchev–Trinajstić information content (AvgIpc) is 1.90. The summed E-state index contributed by atoms with van der Waals surface area (Å²) >= 11 is 2.84. The van der Waals surface area contributed by atoms with Crippen LogP contribution < -0.4 is 4.46 Å². The van der Waals surface area contributed by atoms with Crippen LogP contribution in [-0.4, -0.2) is 16.0 Å². The van der Waals surface area contributed by atoms with Gasteiger partial charge in [-0.1, -0.05) is 0 Å². The summed E-state index contributed by atoms with van der Waals surface area (Å²) < 4.78 is 1.06. The van der Waals surface area contributed by atoms with Gasteiger partial charge in [-0.05, 0) is 0 Å². The van der Waals surface area contributed by atoms with Crippen molar-refractivity contribution in [1.82, 2.24) is 0 Å². The summed E-state index contributed by atoms with van der Waals surface area (Å²) in [5.41, 5.74) is 0.703. The van der Waals surface area contributed by atoms with Gasteiger partial charge >= 0.3 is 61.6 Å². The first-order valence-corrected chi connectivity index (χ1v) is 3.36. The van der Waals surface area contributed by atoms with E-state index in [4.69, 9.17) is 5.26 Å². The minimum atomic E-state index is 0.703. The molecule has 0 N–H and O–H groups in total. The second-order valence-corrected chi connectivity index (χ2v) is 2.63. The zero-order chi connectivity index (χ0) is 6.69. The van der Waals surface area contributed by atoms with E-state index in [1.54, 1.807) is 12.1 Å². The van der Waals surface area contributed by atoms with E-state index in [2.05, 4.69) is 16.0 Å². The quantitative estimate of drug-likeness (QED) is 0.530. The number of hydrogen-bond donors (Lipinski definition) is 0. The molecule has 0 amide bonds. The maximum atomic E-state index is 8.37. The van der Waals surface area contributed by atoms with Crippen LogP contribution in [0.25, 0.3) is 0 Å². The minimum absolute atomic E-state index is 0.703. The molecule has 0 aliphatic heterocycles. The molecule has 0 aliphatic rings. The fourth-order valence-electron chi connectivity index (χ4n) is 0.529. The van der Waals surface area contributed by atoms with Crippen LogP contribution in [0.15, 0.2) is 24.3 Å². The Bertz CT molecular complexity index is 232. The van der Waals surface area contributed by atoms with Crippen molar-refractivity contribution in [3.63, 3.8) is 0 Å². The standard InChI is InChI=1S/C7H5NSe/c8-5-6-1-3-7(9)4-2-6/h1-4,9H/p-1. The Labute approximate surface area is 62.1 Å². The summed E-state index contributed by atoms with van der Waals surface area (Å²) in [4.78, 5) is 0. The second kappa shape index (κ2) is 2.68. The molecule has 0 aliphatic carbocycles. The van der Waals surface area contributed by atoms with Crippen LogP contribution in [0.5, 0.6) is 0 Å². The Morgan fingerprint density at radius 2 is 1.78 bits per heavy atom. The second-order valence-electron chi connectivity index (χ2n) is 1.64. The number of nitrogens with zero attached hydrogens (tertiary/aromatic N) is 1. The molecular formula is C7H4NSe-. The van der Waals surface area contributed by atoms with Gasteiger partial charge in [0.1, 0.15) is 0 Å². The van der Waals surface area contributed by atoms with Crippen molar-refractivity contribution in [2.45, 2.75) is 0 Å². The van der Waals surface area contributed by atoms with Crippen molar-refractivity contribution in [3.05, 3.63) is 29.8 Å². The Morgan fingerprint density at radius 1 is 1.22 bits per heavy atom. The number of rotatable bonds is 0. The molecule has 9 heavy (non-hydrogen) atoms. The number of hydrogen-bond acceptors (Lipinski definition) is 1. The van der Waals surface area contributed by atoms with E-state index < -0.39 is 0 Å². The van der Waals surface area contributed by atoms with Gasteiger partial charge in [0, 0.05) is 0 Å². The third kappa shape index (κ3) is 1.57. The molecule has 0 atom stereocenters. The van der Waals surface area contributed by atoms with E-state index in [0.717, 1.165) is 4.46 Å². The topological polar surface area (TPSA) is 23.8 Å². The van der Waals surface area contributed by atoms with Crippen LogP contribution in [0, 0.1) is 11.3 Å². The van der Waals surface area contributed by atoms with Gasteiger partial charge in [0.25, 0.3) is 0 Å². The SMILES string of the molecule is N#Cc1ccc([Se-])cc1. The van der Waals surface area contributed by atoms with E-state index >= 15 is 0 Å². The zero-order valence-corrected chi connectivity index (χ0v) is 6.38. The molecule has 0 heterocycles. The van der Waals surface area contributed by atoms with E-state index in [9.17, 15) is 0 Å². The molecule has 1 rings (SSSR count). The van der Waals surface area contributed by atoms with Crippen LogP contribution in [0.2, 0.25) is 0 Å². The summed E-state index contributed by atoms with van der Waals surface area (Å²) in [6, 6.07) is 9.35. The first-order chi connectivity index (χ1) is 4.33. The average molecular weight is 181 g/mol. The fraction of sp³-hybridized carbons (Fsp3) is 0. The molecule has 0 bridgehead atoms. The molecule has 0 aromatic heterocycles. The first kappa shape index (κ1) is 6.35. The summed E-state index contributed by atoms with van der Waals surface area (Å²) in [6.07, 6.45) is 0. The number of nitriles is 1. The van der Waals surface area contributed by atoms with Crippen LogP contribution in [0.1, 0.15) is 5.56 Å². The van der Waals surface area contributed by atoms with E-state index in [1.807, 2.05) is 18.2 Å². The van der Waals surface area contributed by atoms with Gasteiger partial charge in [-0.2, -0.15) is 0 Å². The van der Waals surface area contributed by atoms with Crippen molar-refractivity contribution in [2.24, 2.45) is 0 Å². The molecular weight excluding hydrogens is 177 g/mol. The van der Waals surface area contributed by atoms with Crippen LogP contribution >= 0.6 is 0 Å². The molecule has 0 saturated heterocycles. The normalized spacial score (nSPS) is 8.33. The Kier molecular flexibility index (Phi) is 1.89. The summed E-state index contributed by atoms with van der Waals surface area (Å²) in [6.45, 7) is 0. The molecule has 2 heteroatoms. The van der Waals surface area contributed by atoms with Gasteiger partial charge in [-0.25, -0.2) is 0 Å². The Balaban J connectivity index is 3.06. The monoisotopic (exact) mass is 182 g/mol. The Morgan fingerprint density at radius 3 is 2.22 bits per heavy atom.